The molecule has 0 saturated carbocycles. The third-order valence-electron chi connectivity index (χ3n) is 5.65. The summed E-state index contributed by atoms with van der Waals surface area (Å²) in [5.41, 5.74) is 13.0. The Bertz CT molecular complexity index is 1280. The highest BCUT2D eigenvalue weighted by molar-refractivity contribution is 5.88. The highest BCUT2D eigenvalue weighted by atomic mass is 16.2. The molecule has 0 fully saturated rings. The second kappa shape index (κ2) is 15.4. The van der Waals surface area contributed by atoms with E-state index < -0.39 is 0 Å². The predicted octanol–water partition coefficient (Wildman–Crippen LogP) is 5.54. The largest absolute Gasteiger partial charge is 0.376 e. The number of benzene rings is 3. The standard InChI is InChI=1S/C32H36N6O2/c1-23-5-13-29(14-6-23)33-21-31(39)37-35-19-25(3)17-27-9-11-28(12-10-27)18-26(4)20-36-38-32(40)22-34-30-15-7-24(2)8-16-30/h5-20,33-34H,21-22H2,1-4H3,(H,37,39)(H,38,40)/b25-17+,26-18+,35-19+,36-20+. The molecule has 0 aliphatic heterocycles. The molecule has 8 nitrogen and oxygen atoms in total. The molecule has 40 heavy (non-hydrogen) atoms. The Morgan fingerprint density at radius 3 is 1.30 bits per heavy atom. The van der Waals surface area contributed by atoms with Gasteiger partial charge in [-0.15, -0.1) is 0 Å². The summed E-state index contributed by atoms with van der Waals surface area (Å²) >= 11 is 0. The van der Waals surface area contributed by atoms with E-state index in [2.05, 4.69) is 31.7 Å². The van der Waals surface area contributed by atoms with Gasteiger partial charge in [0.2, 0.25) is 0 Å². The average Bonchev–Trinajstić information content (AvgIpc) is 2.93. The van der Waals surface area contributed by atoms with Crippen molar-refractivity contribution < 1.29 is 9.59 Å². The van der Waals surface area contributed by atoms with Gasteiger partial charge in [0.15, 0.2) is 0 Å². The summed E-state index contributed by atoms with van der Waals surface area (Å²) in [6, 6.07) is 23.7. The van der Waals surface area contributed by atoms with E-state index >= 15 is 0 Å². The van der Waals surface area contributed by atoms with Crippen LogP contribution in [0.2, 0.25) is 0 Å². The van der Waals surface area contributed by atoms with Crippen molar-refractivity contribution >= 4 is 47.8 Å². The molecule has 2 amide bonds. The molecule has 0 radical (unpaired) electrons. The van der Waals surface area contributed by atoms with Crippen LogP contribution in [0.15, 0.2) is 94.1 Å². The van der Waals surface area contributed by atoms with Crippen molar-refractivity contribution in [3.8, 4) is 0 Å². The van der Waals surface area contributed by atoms with E-state index in [4.69, 9.17) is 0 Å². The molecule has 8 heteroatoms. The first kappa shape index (κ1) is 29.6. The van der Waals surface area contributed by atoms with Crippen LogP contribution in [0.1, 0.15) is 36.1 Å². The number of nitrogens with zero attached hydrogens (tertiary/aromatic N) is 2. The second-order valence-corrected chi connectivity index (χ2v) is 9.47. The minimum atomic E-state index is -0.224. The van der Waals surface area contributed by atoms with Gasteiger partial charge in [-0.25, -0.2) is 10.9 Å². The molecule has 0 bridgehead atoms. The van der Waals surface area contributed by atoms with Crippen molar-refractivity contribution in [3.05, 3.63) is 106 Å². The number of rotatable bonds is 12. The summed E-state index contributed by atoms with van der Waals surface area (Å²) in [5, 5.41) is 14.2. The summed E-state index contributed by atoms with van der Waals surface area (Å²) in [5.74, 6) is -0.448. The van der Waals surface area contributed by atoms with Gasteiger partial charge in [0.1, 0.15) is 0 Å². The van der Waals surface area contributed by atoms with Gasteiger partial charge in [-0.05, 0) is 74.2 Å². The number of hydrogen-bond donors (Lipinski definition) is 4. The Morgan fingerprint density at radius 2 is 0.950 bits per heavy atom. The monoisotopic (exact) mass is 536 g/mol. The number of carbonyl (C=O) groups is 2. The fraction of sp³-hybridized carbons (Fsp3) is 0.188. The van der Waals surface area contributed by atoms with Crippen LogP contribution in [-0.4, -0.2) is 37.3 Å². The van der Waals surface area contributed by atoms with Gasteiger partial charge in [-0.1, -0.05) is 71.8 Å². The number of hydrazone groups is 2. The minimum Gasteiger partial charge on any atom is -0.376 e. The molecular weight excluding hydrogens is 500 g/mol. The third kappa shape index (κ3) is 11.2. The molecule has 0 aliphatic carbocycles. The van der Waals surface area contributed by atoms with Crippen LogP contribution in [0.5, 0.6) is 0 Å². The topological polar surface area (TPSA) is 107 Å². The minimum absolute atomic E-state index is 0.139. The molecule has 0 spiro atoms. The zero-order valence-electron chi connectivity index (χ0n) is 23.4. The third-order valence-corrected chi connectivity index (χ3v) is 5.65. The molecule has 0 saturated heterocycles. The van der Waals surface area contributed by atoms with Gasteiger partial charge < -0.3 is 10.6 Å². The molecule has 0 aliphatic rings. The van der Waals surface area contributed by atoms with Crippen LogP contribution < -0.4 is 21.5 Å². The number of hydrogen-bond acceptors (Lipinski definition) is 6. The fourth-order valence-electron chi connectivity index (χ4n) is 3.49. The van der Waals surface area contributed by atoms with Crippen LogP contribution in [-0.2, 0) is 9.59 Å². The highest BCUT2D eigenvalue weighted by Gasteiger charge is 2.00. The summed E-state index contributed by atoms with van der Waals surface area (Å²) in [4.78, 5) is 24.0. The Labute approximate surface area is 236 Å². The van der Waals surface area contributed by atoms with E-state index in [1.54, 1.807) is 12.4 Å². The van der Waals surface area contributed by atoms with Crippen molar-refractivity contribution in [1.29, 1.82) is 0 Å². The first-order valence-electron chi connectivity index (χ1n) is 13.0. The van der Waals surface area contributed by atoms with E-state index in [-0.39, 0.29) is 24.9 Å². The molecule has 3 rings (SSSR count). The maximum atomic E-state index is 12.0. The van der Waals surface area contributed by atoms with Crippen LogP contribution >= 0.6 is 0 Å². The van der Waals surface area contributed by atoms with Crippen LogP contribution in [0.3, 0.4) is 0 Å². The van der Waals surface area contributed by atoms with Gasteiger partial charge in [0.05, 0.1) is 25.5 Å². The first-order valence-corrected chi connectivity index (χ1v) is 13.0. The summed E-state index contributed by atoms with van der Waals surface area (Å²) < 4.78 is 0. The molecule has 4 N–H and O–H groups in total. The van der Waals surface area contributed by atoms with Crippen LogP contribution in [0.25, 0.3) is 12.2 Å². The normalized spacial score (nSPS) is 12.0. The van der Waals surface area contributed by atoms with Crippen LogP contribution in [0.4, 0.5) is 11.4 Å². The van der Waals surface area contributed by atoms with Crippen molar-refractivity contribution in [2.45, 2.75) is 27.7 Å². The predicted molar refractivity (Wildman–Crippen MR) is 166 cm³/mol. The Morgan fingerprint density at radius 1 is 0.600 bits per heavy atom. The van der Waals surface area contributed by atoms with Crippen molar-refractivity contribution in [2.24, 2.45) is 10.2 Å². The molecule has 0 atom stereocenters. The highest BCUT2D eigenvalue weighted by Crippen LogP contribution is 2.12. The van der Waals surface area contributed by atoms with Gasteiger partial charge in [-0.2, -0.15) is 10.2 Å². The van der Waals surface area contributed by atoms with E-state index in [1.165, 1.54) is 11.1 Å². The number of allylic oxidation sites excluding steroid dienone is 2. The van der Waals surface area contributed by atoms with Crippen molar-refractivity contribution in [2.75, 3.05) is 23.7 Å². The molecule has 0 heterocycles. The molecule has 3 aromatic carbocycles. The van der Waals surface area contributed by atoms with Crippen molar-refractivity contribution in [3.63, 3.8) is 0 Å². The second-order valence-electron chi connectivity index (χ2n) is 9.47. The number of carbonyl (C=O) groups excluding carboxylic acids is 2. The smallest absolute Gasteiger partial charge is 0.259 e. The SMILES string of the molecule is CC(/C=N/NC(=O)CNc1ccc(C)cc1)=C\c1ccc(/C=C(C)/C=N/NC(=O)CNc2ccc(C)cc2)cc1. The zero-order valence-corrected chi connectivity index (χ0v) is 23.4. The number of aryl methyl sites for hydroxylation is 2. The number of anilines is 2. The molecule has 206 valence electrons. The van der Waals surface area contributed by atoms with Gasteiger partial charge in [-0.3, -0.25) is 9.59 Å². The molecule has 0 aromatic heterocycles. The van der Waals surface area contributed by atoms with Gasteiger partial charge in [0.25, 0.3) is 11.8 Å². The van der Waals surface area contributed by atoms with Crippen molar-refractivity contribution in [1.82, 2.24) is 10.9 Å². The quantitative estimate of drug-likeness (QED) is 0.180. The number of nitrogens with one attached hydrogen (secondary N) is 4. The maximum absolute atomic E-state index is 12.0. The van der Waals surface area contributed by atoms with E-state index in [9.17, 15) is 9.59 Å². The first-order chi connectivity index (χ1) is 19.3. The Hall–Kier alpha value is -4.98. The molecule has 0 unspecified atom stereocenters. The lowest BCUT2D eigenvalue weighted by atomic mass is 10.1. The lowest BCUT2D eigenvalue weighted by Crippen LogP contribution is -2.25. The fourth-order valence-corrected chi connectivity index (χ4v) is 3.49. The van der Waals surface area contributed by atoms with E-state index in [0.717, 1.165) is 33.6 Å². The van der Waals surface area contributed by atoms with Crippen LogP contribution in [0, 0.1) is 13.8 Å². The Balaban J connectivity index is 1.40. The maximum Gasteiger partial charge on any atom is 0.259 e. The lowest BCUT2D eigenvalue weighted by Gasteiger charge is -2.05. The van der Waals surface area contributed by atoms with E-state index in [0.29, 0.717) is 0 Å². The zero-order chi connectivity index (χ0) is 28.7. The van der Waals surface area contributed by atoms with Gasteiger partial charge >= 0.3 is 0 Å². The summed E-state index contributed by atoms with van der Waals surface area (Å²) in [6.07, 6.45) is 7.18. The molecule has 3 aromatic rings. The summed E-state index contributed by atoms with van der Waals surface area (Å²) in [6.45, 7) is 8.14. The lowest BCUT2D eigenvalue weighted by molar-refractivity contribution is -0.120. The Kier molecular flexibility index (Phi) is 11.4. The van der Waals surface area contributed by atoms with Gasteiger partial charge in [0, 0.05) is 11.4 Å². The average molecular weight is 537 g/mol. The number of amides is 2. The van der Waals surface area contributed by atoms with E-state index in [1.807, 2.05) is 113 Å². The molecular formula is C32H36N6O2. The summed E-state index contributed by atoms with van der Waals surface area (Å²) in [7, 11) is 0.